The number of rotatable bonds is 4. The Morgan fingerprint density at radius 2 is 2.12 bits per heavy atom. The van der Waals surface area contributed by atoms with Crippen LogP contribution >= 0.6 is 0 Å². The van der Waals surface area contributed by atoms with Crippen molar-refractivity contribution in [1.82, 2.24) is 20.1 Å². The molecule has 2 heterocycles. The van der Waals surface area contributed by atoms with E-state index in [-0.39, 0.29) is 0 Å². The fourth-order valence-corrected chi connectivity index (χ4v) is 2.82. The molecule has 1 unspecified atom stereocenters. The summed E-state index contributed by atoms with van der Waals surface area (Å²) in [6.45, 7) is 8.76. The quantitative estimate of drug-likeness (QED) is 0.873. The average Bonchev–Trinajstić information content (AvgIpc) is 2.74. The minimum atomic E-state index is 0.550. The molecule has 0 radical (unpaired) electrons. The van der Waals surface area contributed by atoms with Crippen LogP contribution in [0.3, 0.4) is 0 Å². The Bertz CT molecular complexity index is 348. The topological polar surface area (TPSA) is 42.7 Å². The molecule has 1 N–H and O–H groups in total. The van der Waals surface area contributed by atoms with Gasteiger partial charge in [-0.25, -0.2) is 0 Å². The molecule has 0 bridgehead atoms. The van der Waals surface area contributed by atoms with Crippen molar-refractivity contribution >= 4 is 0 Å². The minimum Gasteiger partial charge on any atom is -0.315 e. The molecule has 4 nitrogen and oxygen atoms in total. The molecule has 2 rings (SSSR count). The lowest BCUT2D eigenvalue weighted by Gasteiger charge is -2.27. The Morgan fingerprint density at radius 1 is 1.35 bits per heavy atom. The summed E-state index contributed by atoms with van der Waals surface area (Å²) in [5, 5.41) is 12.2. The summed E-state index contributed by atoms with van der Waals surface area (Å²) < 4.78 is 2.38. The fourth-order valence-electron chi connectivity index (χ4n) is 2.82. The first kappa shape index (κ1) is 12.6. The molecule has 1 saturated heterocycles. The lowest BCUT2D eigenvalue weighted by atomic mass is 10.0. The molecule has 0 aromatic carbocycles. The van der Waals surface area contributed by atoms with E-state index in [1.54, 1.807) is 0 Å². The highest BCUT2D eigenvalue weighted by molar-refractivity contribution is 5.04. The van der Waals surface area contributed by atoms with Crippen molar-refractivity contribution in [3.8, 4) is 0 Å². The van der Waals surface area contributed by atoms with Crippen LogP contribution < -0.4 is 5.32 Å². The Morgan fingerprint density at radius 3 is 2.71 bits per heavy atom. The van der Waals surface area contributed by atoms with Gasteiger partial charge in [-0.3, -0.25) is 0 Å². The summed E-state index contributed by atoms with van der Waals surface area (Å²) in [7, 11) is 0. The van der Waals surface area contributed by atoms with Gasteiger partial charge >= 0.3 is 0 Å². The van der Waals surface area contributed by atoms with Crippen molar-refractivity contribution in [1.29, 1.82) is 0 Å². The summed E-state index contributed by atoms with van der Waals surface area (Å²) in [5.41, 5.74) is 0. The van der Waals surface area contributed by atoms with Crippen LogP contribution in [-0.2, 0) is 0 Å². The number of aromatic nitrogens is 3. The largest absolute Gasteiger partial charge is 0.315 e. The molecule has 0 saturated carbocycles. The zero-order chi connectivity index (χ0) is 12.3. The Balaban J connectivity index is 2.27. The number of nitrogens with zero attached hydrogens (tertiary/aromatic N) is 3. The first-order chi connectivity index (χ1) is 8.27. The number of nitrogens with one attached hydrogen (secondary N) is 1. The molecule has 1 aliphatic rings. The predicted molar refractivity (Wildman–Crippen MR) is 69.2 cm³/mol. The molecular weight excluding hydrogens is 212 g/mol. The maximum absolute atomic E-state index is 4.42. The summed E-state index contributed by atoms with van der Waals surface area (Å²) in [6, 6.07) is 0.550. The second-order valence-electron chi connectivity index (χ2n) is 4.99. The van der Waals surface area contributed by atoms with E-state index in [0.717, 1.165) is 31.8 Å². The van der Waals surface area contributed by atoms with Crippen molar-refractivity contribution in [2.75, 3.05) is 13.1 Å². The van der Waals surface area contributed by atoms with Crippen LogP contribution in [-0.4, -0.2) is 27.9 Å². The highest BCUT2D eigenvalue weighted by Crippen LogP contribution is 2.27. The fraction of sp³-hybridized carbons (Fsp3) is 0.846. The van der Waals surface area contributed by atoms with E-state index in [9.17, 15) is 0 Å². The molecule has 96 valence electrons. The molecule has 0 aliphatic carbocycles. The average molecular weight is 236 g/mol. The van der Waals surface area contributed by atoms with Crippen molar-refractivity contribution in [2.45, 2.75) is 58.4 Å². The maximum atomic E-state index is 4.42. The summed E-state index contributed by atoms with van der Waals surface area (Å²) in [5.74, 6) is 2.82. The van der Waals surface area contributed by atoms with Gasteiger partial charge in [-0.2, -0.15) is 0 Å². The third-order valence-corrected chi connectivity index (χ3v) is 3.88. The highest BCUT2D eigenvalue weighted by Gasteiger charge is 2.23. The normalized spacial score (nSPS) is 21.1. The van der Waals surface area contributed by atoms with E-state index in [2.05, 4.69) is 40.9 Å². The van der Waals surface area contributed by atoms with Crippen LogP contribution in [0.2, 0.25) is 0 Å². The van der Waals surface area contributed by atoms with Crippen molar-refractivity contribution in [2.24, 2.45) is 0 Å². The number of piperidine rings is 1. The van der Waals surface area contributed by atoms with Crippen molar-refractivity contribution < 1.29 is 0 Å². The van der Waals surface area contributed by atoms with E-state index < -0.39 is 0 Å². The second kappa shape index (κ2) is 5.63. The first-order valence-electron chi connectivity index (χ1n) is 6.90. The van der Waals surface area contributed by atoms with Crippen LogP contribution in [0.25, 0.3) is 0 Å². The maximum Gasteiger partial charge on any atom is 0.136 e. The van der Waals surface area contributed by atoms with Gasteiger partial charge in [-0.05, 0) is 39.2 Å². The molecule has 1 fully saturated rings. The summed E-state index contributed by atoms with van der Waals surface area (Å²) >= 11 is 0. The standard InChI is InChI=1S/C13H24N4/c1-4-11(5-2)13-16-15-10(3)17(13)12-7-6-8-14-9-12/h11-12,14H,4-9H2,1-3H3. The SMILES string of the molecule is CCC(CC)c1nnc(C)n1C1CCCNC1. The minimum absolute atomic E-state index is 0.550. The third kappa shape index (κ3) is 2.51. The molecule has 0 spiro atoms. The molecule has 1 aromatic rings. The van der Waals surface area contributed by atoms with Gasteiger partial charge in [0.25, 0.3) is 0 Å². The third-order valence-electron chi connectivity index (χ3n) is 3.88. The van der Waals surface area contributed by atoms with Crippen LogP contribution in [0.4, 0.5) is 0 Å². The van der Waals surface area contributed by atoms with Gasteiger partial charge < -0.3 is 9.88 Å². The Kier molecular flexibility index (Phi) is 4.15. The Hall–Kier alpha value is -0.900. The molecule has 1 atom stereocenters. The number of aryl methyl sites for hydroxylation is 1. The van der Waals surface area contributed by atoms with Crippen LogP contribution in [0.15, 0.2) is 0 Å². The van der Waals surface area contributed by atoms with Crippen LogP contribution in [0, 0.1) is 6.92 Å². The molecular formula is C13H24N4. The van der Waals surface area contributed by atoms with Gasteiger partial charge in [0.15, 0.2) is 0 Å². The van der Waals surface area contributed by atoms with Gasteiger partial charge in [0.05, 0.1) is 0 Å². The first-order valence-corrected chi connectivity index (χ1v) is 6.90. The van der Waals surface area contributed by atoms with Gasteiger partial charge in [-0.15, -0.1) is 10.2 Å². The predicted octanol–water partition coefficient (Wildman–Crippen LogP) is 2.41. The molecule has 1 aliphatic heterocycles. The number of hydrogen-bond acceptors (Lipinski definition) is 3. The lowest BCUT2D eigenvalue weighted by Crippen LogP contribution is -2.33. The van der Waals surface area contributed by atoms with Gasteiger partial charge in [0.1, 0.15) is 11.6 Å². The van der Waals surface area contributed by atoms with E-state index >= 15 is 0 Å². The lowest BCUT2D eigenvalue weighted by molar-refractivity contribution is 0.350. The molecule has 4 heteroatoms. The smallest absolute Gasteiger partial charge is 0.136 e. The van der Waals surface area contributed by atoms with Gasteiger partial charge in [0, 0.05) is 18.5 Å². The van der Waals surface area contributed by atoms with Crippen molar-refractivity contribution in [3.05, 3.63) is 11.6 Å². The molecule has 17 heavy (non-hydrogen) atoms. The number of hydrogen-bond donors (Lipinski definition) is 1. The van der Waals surface area contributed by atoms with Crippen molar-refractivity contribution in [3.63, 3.8) is 0 Å². The summed E-state index contributed by atoms with van der Waals surface area (Å²) in [6.07, 6.45) is 4.80. The zero-order valence-corrected chi connectivity index (χ0v) is 11.2. The van der Waals surface area contributed by atoms with Crippen LogP contribution in [0.1, 0.15) is 63.1 Å². The van der Waals surface area contributed by atoms with E-state index in [1.807, 2.05) is 0 Å². The second-order valence-corrected chi connectivity index (χ2v) is 4.99. The molecule has 0 amide bonds. The highest BCUT2D eigenvalue weighted by atomic mass is 15.3. The molecule has 1 aromatic heterocycles. The van der Waals surface area contributed by atoms with Gasteiger partial charge in [-0.1, -0.05) is 13.8 Å². The monoisotopic (exact) mass is 236 g/mol. The van der Waals surface area contributed by atoms with E-state index in [0.29, 0.717) is 12.0 Å². The van der Waals surface area contributed by atoms with Crippen LogP contribution in [0.5, 0.6) is 0 Å². The van der Waals surface area contributed by atoms with E-state index in [1.165, 1.54) is 18.7 Å². The Labute approximate surface area is 104 Å². The summed E-state index contributed by atoms with van der Waals surface area (Å²) in [4.78, 5) is 0. The van der Waals surface area contributed by atoms with Gasteiger partial charge in [0.2, 0.25) is 0 Å². The zero-order valence-electron chi connectivity index (χ0n) is 11.2. The van der Waals surface area contributed by atoms with E-state index in [4.69, 9.17) is 0 Å².